The summed E-state index contributed by atoms with van der Waals surface area (Å²) in [7, 11) is -1.43. The highest BCUT2D eigenvalue weighted by Gasteiger charge is 2.38. The molecule has 2 aliphatic heterocycles. The first-order chi connectivity index (χ1) is 14.2. The summed E-state index contributed by atoms with van der Waals surface area (Å²) in [5.74, 6) is -0.371. The van der Waals surface area contributed by atoms with Crippen molar-refractivity contribution in [3.63, 3.8) is 0 Å². The number of nitrogens with one attached hydrogen (secondary N) is 1. The largest absolute Gasteiger partial charge is 0.350 e. The van der Waals surface area contributed by atoms with Crippen LogP contribution >= 0.6 is 0 Å². The molecule has 30 heavy (non-hydrogen) atoms. The molecule has 0 radical (unpaired) electrons. The Morgan fingerprint density at radius 2 is 1.97 bits per heavy atom. The SMILES string of the molecule is Cn1nc(CNC(=O)C2CC(=O)N(C3CCCCC3)C2)c2c1CCN(S(C)(=O)=O)C2. The van der Waals surface area contributed by atoms with Crippen LogP contribution in [-0.2, 0) is 46.2 Å². The Morgan fingerprint density at radius 3 is 2.67 bits per heavy atom. The lowest BCUT2D eigenvalue weighted by Crippen LogP contribution is -2.39. The Morgan fingerprint density at radius 1 is 1.23 bits per heavy atom. The van der Waals surface area contributed by atoms with Crippen LogP contribution in [0.1, 0.15) is 55.5 Å². The van der Waals surface area contributed by atoms with E-state index in [0.29, 0.717) is 25.2 Å². The van der Waals surface area contributed by atoms with Gasteiger partial charge in [0, 0.05) is 56.8 Å². The molecule has 9 nitrogen and oxygen atoms in total. The summed E-state index contributed by atoms with van der Waals surface area (Å²) in [6.45, 7) is 1.47. The first kappa shape index (κ1) is 21.3. The van der Waals surface area contributed by atoms with Crippen molar-refractivity contribution in [3.05, 3.63) is 17.0 Å². The van der Waals surface area contributed by atoms with E-state index in [1.807, 2.05) is 11.9 Å². The van der Waals surface area contributed by atoms with Crippen LogP contribution in [0.15, 0.2) is 0 Å². The summed E-state index contributed by atoms with van der Waals surface area (Å²) in [5.41, 5.74) is 2.59. The van der Waals surface area contributed by atoms with Crippen LogP contribution in [0.4, 0.5) is 0 Å². The average Bonchev–Trinajstić information content (AvgIpc) is 3.26. The van der Waals surface area contributed by atoms with Crippen molar-refractivity contribution in [1.29, 1.82) is 0 Å². The van der Waals surface area contributed by atoms with E-state index in [9.17, 15) is 18.0 Å². The Balaban J connectivity index is 1.39. The molecule has 1 aromatic rings. The number of carbonyl (C=O) groups excluding carboxylic acids is 2. The summed E-state index contributed by atoms with van der Waals surface area (Å²) in [6.07, 6.45) is 7.70. The summed E-state index contributed by atoms with van der Waals surface area (Å²) in [5, 5.41) is 7.45. The highest BCUT2D eigenvalue weighted by Crippen LogP contribution is 2.29. The van der Waals surface area contributed by atoms with E-state index >= 15 is 0 Å². The van der Waals surface area contributed by atoms with Crippen molar-refractivity contribution in [2.45, 2.75) is 64.1 Å². The van der Waals surface area contributed by atoms with Crippen molar-refractivity contribution in [1.82, 2.24) is 24.3 Å². The van der Waals surface area contributed by atoms with Gasteiger partial charge in [-0.15, -0.1) is 0 Å². The summed E-state index contributed by atoms with van der Waals surface area (Å²) in [4.78, 5) is 27.1. The zero-order valence-corrected chi connectivity index (χ0v) is 18.6. The number of sulfonamides is 1. The maximum Gasteiger partial charge on any atom is 0.225 e. The average molecular weight is 438 g/mol. The molecule has 1 atom stereocenters. The summed E-state index contributed by atoms with van der Waals surface area (Å²) < 4.78 is 27.1. The molecule has 3 aliphatic rings. The maximum absolute atomic E-state index is 12.8. The van der Waals surface area contributed by atoms with Gasteiger partial charge in [-0.3, -0.25) is 14.3 Å². The molecule has 1 unspecified atom stereocenters. The number of likely N-dealkylation sites (tertiary alicyclic amines) is 1. The molecule has 0 bridgehead atoms. The monoisotopic (exact) mass is 437 g/mol. The molecule has 4 rings (SSSR count). The number of rotatable bonds is 5. The van der Waals surface area contributed by atoms with Crippen LogP contribution in [-0.4, -0.2) is 64.6 Å². The Bertz CT molecular complexity index is 935. The molecule has 3 heterocycles. The lowest BCUT2D eigenvalue weighted by atomic mass is 9.94. The topological polar surface area (TPSA) is 105 Å². The number of carbonyl (C=O) groups is 2. The van der Waals surface area contributed by atoms with Crippen molar-refractivity contribution >= 4 is 21.8 Å². The predicted octanol–water partition coefficient (Wildman–Crippen LogP) is 0.535. The second kappa shape index (κ2) is 8.30. The van der Waals surface area contributed by atoms with Crippen LogP contribution in [0.5, 0.6) is 0 Å². The van der Waals surface area contributed by atoms with Gasteiger partial charge < -0.3 is 10.2 Å². The van der Waals surface area contributed by atoms with Crippen molar-refractivity contribution < 1.29 is 18.0 Å². The minimum Gasteiger partial charge on any atom is -0.350 e. The van der Waals surface area contributed by atoms with Crippen molar-refractivity contribution in [3.8, 4) is 0 Å². The van der Waals surface area contributed by atoms with Crippen LogP contribution < -0.4 is 5.32 Å². The zero-order valence-electron chi connectivity index (χ0n) is 17.8. The standard InChI is InChI=1S/C20H31N5O4S/c1-23-18-8-9-24(30(2,28)29)13-16(18)17(22-23)11-21-20(27)14-10-19(26)25(12-14)15-6-4-3-5-7-15/h14-15H,3-13H2,1-2H3,(H,21,27). The molecule has 10 heteroatoms. The van der Waals surface area contributed by atoms with Gasteiger partial charge in [-0.25, -0.2) is 8.42 Å². The smallest absolute Gasteiger partial charge is 0.225 e. The van der Waals surface area contributed by atoms with Gasteiger partial charge in [-0.1, -0.05) is 19.3 Å². The first-order valence-corrected chi connectivity index (χ1v) is 12.6. The molecule has 1 N–H and O–H groups in total. The molecular weight excluding hydrogens is 406 g/mol. The lowest BCUT2D eigenvalue weighted by molar-refractivity contribution is -0.130. The third-order valence-corrected chi connectivity index (χ3v) is 7.98. The normalized spacial score (nSPS) is 23.6. The number of amides is 2. The number of aryl methyl sites for hydroxylation is 1. The fraction of sp³-hybridized carbons (Fsp3) is 0.750. The van der Waals surface area contributed by atoms with Gasteiger partial charge in [0.05, 0.1) is 24.4 Å². The number of hydrogen-bond donors (Lipinski definition) is 1. The molecular formula is C20H31N5O4S. The highest BCUT2D eigenvalue weighted by atomic mass is 32.2. The van der Waals surface area contributed by atoms with Gasteiger partial charge >= 0.3 is 0 Å². The number of aromatic nitrogens is 2. The highest BCUT2D eigenvalue weighted by molar-refractivity contribution is 7.88. The molecule has 2 fully saturated rings. The minimum atomic E-state index is -3.28. The maximum atomic E-state index is 12.8. The molecule has 0 spiro atoms. The second-order valence-corrected chi connectivity index (χ2v) is 10.8. The fourth-order valence-corrected chi connectivity index (χ4v) is 5.82. The van der Waals surface area contributed by atoms with Crippen molar-refractivity contribution in [2.75, 3.05) is 19.3 Å². The van der Waals surface area contributed by atoms with Gasteiger partial charge in [0.1, 0.15) is 0 Å². The van der Waals surface area contributed by atoms with E-state index in [-0.39, 0.29) is 43.3 Å². The molecule has 1 aromatic heterocycles. The Labute approximate surface area is 177 Å². The Hall–Kier alpha value is -1.94. The van der Waals surface area contributed by atoms with Crippen LogP contribution in [0.25, 0.3) is 0 Å². The van der Waals surface area contributed by atoms with Crippen LogP contribution in [0.3, 0.4) is 0 Å². The number of nitrogens with zero attached hydrogens (tertiary/aromatic N) is 4. The van der Waals surface area contributed by atoms with Crippen molar-refractivity contribution in [2.24, 2.45) is 13.0 Å². The van der Waals surface area contributed by atoms with Gasteiger partial charge in [0.25, 0.3) is 0 Å². The predicted molar refractivity (Wildman–Crippen MR) is 111 cm³/mol. The van der Waals surface area contributed by atoms with Gasteiger partial charge in [0.15, 0.2) is 0 Å². The summed E-state index contributed by atoms with van der Waals surface area (Å²) in [6, 6.07) is 0.286. The molecule has 1 saturated carbocycles. The minimum absolute atomic E-state index is 0.0843. The Kier molecular flexibility index (Phi) is 5.89. The van der Waals surface area contributed by atoms with E-state index in [1.54, 1.807) is 4.68 Å². The quantitative estimate of drug-likeness (QED) is 0.724. The third-order valence-electron chi connectivity index (χ3n) is 6.73. The van der Waals surface area contributed by atoms with E-state index in [1.165, 1.54) is 17.0 Å². The second-order valence-electron chi connectivity index (χ2n) is 8.80. The van der Waals surface area contributed by atoms with Gasteiger partial charge in [-0.05, 0) is 12.8 Å². The van der Waals surface area contributed by atoms with E-state index < -0.39 is 10.0 Å². The summed E-state index contributed by atoms with van der Waals surface area (Å²) >= 11 is 0. The molecule has 166 valence electrons. The molecule has 1 saturated heterocycles. The molecule has 1 aliphatic carbocycles. The van der Waals surface area contributed by atoms with Crippen LogP contribution in [0.2, 0.25) is 0 Å². The number of fused-ring (bicyclic) bond motifs is 1. The number of hydrogen-bond acceptors (Lipinski definition) is 5. The van der Waals surface area contributed by atoms with E-state index in [2.05, 4.69) is 10.4 Å². The van der Waals surface area contributed by atoms with Gasteiger partial charge in [0.2, 0.25) is 21.8 Å². The fourth-order valence-electron chi connectivity index (χ4n) is 5.04. The molecule has 0 aromatic carbocycles. The first-order valence-electron chi connectivity index (χ1n) is 10.8. The third kappa shape index (κ3) is 4.25. The lowest BCUT2D eigenvalue weighted by Gasteiger charge is -2.31. The van der Waals surface area contributed by atoms with E-state index in [4.69, 9.17) is 0 Å². The van der Waals surface area contributed by atoms with Gasteiger partial charge in [-0.2, -0.15) is 9.40 Å². The van der Waals surface area contributed by atoms with Crippen LogP contribution in [0, 0.1) is 5.92 Å². The molecule has 2 amide bonds. The zero-order chi connectivity index (χ0) is 21.5. The van der Waals surface area contributed by atoms with E-state index in [0.717, 1.165) is 36.9 Å².